The normalized spacial score (nSPS) is 13.4. The van der Waals surface area contributed by atoms with Crippen LogP contribution in [0.1, 0.15) is 97.2 Å². The van der Waals surface area contributed by atoms with Crippen molar-refractivity contribution in [2.45, 2.75) is 85.5 Å². The highest BCUT2D eigenvalue weighted by molar-refractivity contribution is 5.87. The van der Waals surface area contributed by atoms with E-state index in [-0.39, 0.29) is 0 Å². The number of aromatic hydroxyl groups is 2. The van der Waals surface area contributed by atoms with E-state index in [1.807, 2.05) is 0 Å². The van der Waals surface area contributed by atoms with Crippen molar-refractivity contribution in [3.05, 3.63) is 116 Å². The molecule has 1 aliphatic rings. The van der Waals surface area contributed by atoms with Gasteiger partial charge in [-0.25, -0.2) is 0 Å². The molecule has 0 atom stereocenters. The highest BCUT2D eigenvalue weighted by atomic mass is 16.3. The predicted molar refractivity (Wildman–Crippen MR) is 163 cm³/mol. The zero-order valence-electron chi connectivity index (χ0n) is 24.4. The Morgan fingerprint density at radius 1 is 0.462 bits per heavy atom. The topological polar surface area (TPSA) is 40.5 Å². The van der Waals surface area contributed by atoms with E-state index in [0.29, 0.717) is 11.5 Å². The van der Waals surface area contributed by atoms with Crippen molar-refractivity contribution in [2.75, 3.05) is 0 Å². The van der Waals surface area contributed by atoms with E-state index in [1.165, 1.54) is 44.5 Å². The summed E-state index contributed by atoms with van der Waals surface area (Å²) in [6.07, 6.45) is 4.99. The minimum Gasteiger partial charge on any atom is -0.507 e. The number of hydrogen-bond donors (Lipinski definition) is 2. The maximum absolute atomic E-state index is 11.1. The second kappa shape index (κ2) is 10.6. The Balaban J connectivity index is 2.04. The van der Waals surface area contributed by atoms with Crippen LogP contribution in [0.5, 0.6) is 11.5 Å². The van der Waals surface area contributed by atoms with E-state index in [0.717, 1.165) is 60.8 Å². The van der Waals surface area contributed by atoms with E-state index in [4.69, 9.17) is 0 Å². The molecule has 0 heterocycles. The van der Waals surface area contributed by atoms with Crippen molar-refractivity contribution in [3.8, 4) is 22.6 Å². The lowest BCUT2D eigenvalue weighted by atomic mass is 9.65. The summed E-state index contributed by atoms with van der Waals surface area (Å²) in [5.41, 5.74) is 13.6. The number of phenolic OH excluding ortho intramolecular Hbond substituents is 2. The molecule has 1 aliphatic carbocycles. The molecule has 0 fully saturated rings. The summed E-state index contributed by atoms with van der Waals surface area (Å²) in [5, 5.41) is 22.3. The fraction of sp³-hybridized carbons (Fsp3) is 0.351. The van der Waals surface area contributed by atoms with Crippen LogP contribution in [0.4, 0.5) is 0 Å². The van der Waals surface area contributed by atoms with Crippen LogP contribution in [0.25, 0.3) is 11.1 Å². The summed E-state index contributed by atoms with van der Waals surface area (Å²) in [5.74, 6) is 0.854. The van der Waals surface area contributed by atoms with Crippen molar-refractivity contribution >= 4 is 0 Å². The zero-order valence-corrected chi connectivity index (χ0v) is 24.4. The van der Waals surface area contributed by atoms with Gasteiger partial charge in [0.25, 0.3) is 0 Å². The van der Waals surface area contributed by atoms with E-state index in [2.05, 4.69) is 102 Å². The Hall–Kier alpha value is -3.52. The van der Waals surface area contributed by atoms with Gasteiger partial charge in [0.15, 0.2) is 0 Å². The number of hydrogen-bond acceptors (Lipinski definition) is 2. The van der Waals surface area contributed by atoms with E-state index < -0.39 is 5.41 Å². The molecule has 0 aromatic heterocycles. The Bertz CT molecular complexity index is 1370. The first kappa shape index (κ1) is 27.1. The third-order valence-electron chi connectivity index (χ3n) is 9.01. The number of rotatable bonds is 8. The van der Waals surface area contributed by atoms with E-state index in [9.17, 15) is 10.2 Å². The Morgan fingerprint density at radius 3 is 1.08 bits per heavy atom. The van der Waals surface area contributed by atoms with Crippen LogP contribution < -0.4 is 0 Å². The fourth-order valence-corrected chi connectivity index (χ4v) is 6.68. The van der Waals surface area contributed by atoms with Crippen LogP contribution in [-0.4, -0.2) is 10.2 Å². The molecule has 0 saturated carbocycles. The lowest BCUT2D eigenvalue weighted by molar-refractivity contribution is 0.461. The third-order valence-corrected chi connectivity index (χ3v) is 9.01. The molecule has 0 spiro atoms. The van der Waals surface area contributed by atoms with Crippen LogP contribution in [0.15, 0.2) is 60.7 Å². The van der Waals surface area contributed by atoms with Gasteiger partial charge in [-0.15, -0.1) is 0 Å². The largest absolute Gasteiger partial charge is 0.507 e. The second-order valence-electron chi connectivity index (χ2n) is 10.9. The molecule has 2 N–H and O–H groups in total. The highest BCUT2D eigenvalue weighted by Crippen LogP contribution is 2.58. The predicted octanol–water partition coefficient (Wildman–Crippen LogP) is 8.84. The lowest BCUT2D eigenvalue weighted by Crippen LogP contribution is -2.30. The molecule has 0 saturated heterocycles. The summed E-state index contributed by atoms with van der Waals surface area (Å²) in [4.78, 5) is 0. The molecule has 5 rings (SSSR count). The third kappa shape index (κ3) is 4.07. The molecular weight excluding hydrogens is 476 g/mol. The summed E-state index contributed by atoms with van der Waals surface area (Å²) < 4.78 is 0. The van der Waals surface area contributed by atoms with E-state index >= 15 is 0 Å². The van der Waals surface area contributed by atoms with E-state index in [1.54, 1.807) is 0 Å². The summed E-state index contributed by atoms with van der Waals surface area (Å²) in [6.45, 7) is 12.9. The molecular formula is C37H42O2. The average molecular weight is 519 g/mol. The van der Waals surface area contributed by atoms with Gasteiger partial charge in [-0.1, -0.05) is 102 Å². The van der Waals surface area contributed by atoms with Gasteiger partial charge in [0.1, 0.15) is 11.5 Å². The molecule has 202 valence electrons. The Morgan fingerprint density at radius 2 is 0.795 bits per heavy atom. The summed E-state index contributed by atoms with van der Waals surface area (Å²) in [7, 11) is 0. The molecule has 39 heavy (non-hydrogen) atoms. The highest BCUT2D eigenvalue weighted by Gasteiger charge is 2.47. The van der Waals surface area contributed by atoms with Gasteiger partial charge in [0, 0.05) is 0 Å². The van der Waals surface area contributed by atoms with Crippen LogP contribution in [0.2, 0.25) is 0 Å². The quantitative estimate of drug-likeness (QED) is 0.215. The monoisotopic (exact) mass is 518 g/mol. The van der Waals surface area contributed by atoms with Crippen LogP contribution in [-0.2, 0) is 43.9 Å². The zero-order chi connectivity index (χ0) is 27.9. The first-order valence-electron chi connectivity index (χ1n) is 14.8. The average Bonchev–Trinajstić information content (AvgIpc) is 3.26. The Labute approximate surface area is 234 Å². The smallest absolute Gasteiger partial charge is 0.121 e. The van der Waals surface area contributed by atoms with Gasteiger partial charge in [0.2, 0.25) is 0 Å². The van der Waals surface area contributed by atoms with Crippen molar-refractivity contribution in [1.29, 1.82) is 0 Å². The van der Waals surface area contributed by atoms with Gasteiger partial charge < -0.3 is 10.2 Å². The number of benzene rings is 4. The molecule has 4 aromatic rings. The van der Waals surface area contributed by atoms with Crippen molar-refractivity contribution in [2.24, 2.45) is 0 Å². The molecule has 0 bridgehead atoms. The maximum atomic E-state index is 11.1. The van der Waals surface area contributed by atoms with Gasteiger partial charge in [-0.05, 0) is 105 Å². The molecule has 0 amide bonds. The molecule has 0 unspecified atom stereocenters. The van der Waals surface area contributed by atoms with Gasteiger partial charge in [-0.3, -0.25) is 0 Å². The second-order valence-corrected chi connectivity index (χ2v) is 10.9. The standard InChI is InChI=1S/C37H42O2/c1-7-23-13-15-31-32-16-14-24(8-2)18-34(32)37(33(31)17-23,29-19-25(9-3)35(38)26(10-4)20-29)30-21-27(11-5)36(39)28(12-6)22-30/h13-22,38-39H,7-12H2,1-6H3. The number of fused-ring (bicyclic) bond motifs is 3. The minimum atomic E-state index is -0.551. The SMILES string of the molecule is CCc1ccc2c(c1)C(c1cc(CC)c(O)c(CC)c1)(c1cc(CC)c(O)c(CC)c1)c1cc(CC)ccc1-2. The first-order valence-corrected chi connectivity index (χ1v) is 14.8. The number of aryl methyl sites for hydroxylation is 6. The van der Waals surface area contributed by atoms with Crippen LogP contribution in [0.3, 0.4) is 0 Å². The van der Waals surface area contributed by atoms with Gasteiger partial charge in [0.05, 0.1) is 5.41 Å². The lowest BCUT2D eigenvalue weighted by Gasteiger charge is -2.36. The fourth-order valence-electron chi connectivity index (χ4n) is 6.68. The van der Waals surface area contributed by atoms with Gasteiger partial charge >= 0.3 is 0 Å². The van der Waals surface area contributed by atoms with Crippen LogP contribution >= 0.6 is 0 Å². The molecule has 0 aliphatic heterocycles. The molecule has 2 heteroatoms. The minimum absolute atomic E-state index is 0.427. The van der Waals surface area contributed by atoms with Crippen molar-refractivity contribution < 1.29 is 10.2 Å². The first-order chi connectivity index (χ1) is 18.9. The Kier molecular flexibility index (Phi) is 7.33. The molecule has 2 nitrogen and oxygen atoms in total. The summed E-state index contributed by atoms with van der Waals surface area (Å²) in [6, 6.07) is 23.0. The summed E-state index contributed by atoms with van der Waals surface area (Å²) >= 11 is 0. The van der Waals surface area contributed by atoms with Crippen molar-refractivity contribution in [1.82, 2.24) is 0 Å². The van der Waals surface area contributed by atoms with Crippen LogP contribution in [0, 0.1) is 0 Å². The van der Waals surface area contributed by atoms with Crippen molar-refractivity contribution in [3.63, 3.8) is 0 Å². The maximum Gasteiger partial charge on any atom is 0.121 e. The molecule has 0 radical (unpaired) electrons. The van der Waals surface area contributed by atoms with Gasteiger partial charge in [-0.2, -0.15) is 0 Å². The number of phenols is 2. The molecule has 4 aromatic carbocycles.